The zero-order valence-electron chi connectivity index (χ0n) is 23.7. The molecule has 3 aromatic rings. The molecule has 2 aromatic carbocycles. The number of carbonyl (C=O) groups is 1. The number of aromatic nitrogens is 2. The third-order valence-electron chi connectivity index (χ3n) is 7.54. The Kier molecular flexibility index (Phi) is 9.02. The van der Waals surface area contributed by atoms with E-state index in [0.29, 0.717) is 31.2 Å². The lowest BCUT2D eigenvalue weighted by Crippen LogP contribution is -2.47. The number of nitrogens with zero attached hydrogens (tertiary/aromatic N) is 5. The van der Waals surface area contributed by atoms with Gasteiger partial charge < -0.3 is 10.2 Å². The number of nitrogens with one attached hydrogen (secondary N) is 1. The number of anilines is 1. The highest BCUT2D eigenvalue weighted by Gasteiger charge is 2.20. The fourth-order valence-electron chi connectivity index (χ4n) is 5.61. The van der Waals surface area contributed by atoms with Gasteiger partial charge >= 0.3 is 0 Å². The van der Waals surface area contributed by atoms with Crippen molar-refractivity contribution in [3.63, 3.8) is 0 Å². The molecule has 0 unspecified atom stereocenters. The topological polar surface area (TPSA) is 64.6 Å². The number of piperazine rings is 1. The molecule has 6 heterocycles. The summed E-state index contributed by atoms with van der Waals surface area (Å²) in [6.45, 7) is 11.5. The molecule has 1 fully saturated rings. The summed E-state index contributed by atoms with van der Waals surface area (Å²) in [5, 5.41) is 3.60. The monoisotopic (exact) mass is 526 g/mol. The van der Waals surface area contributed by atoms with Crippen molar-refractivity contribution < 1.29 is 4.79 Å². The van der Waals surface area contributed by atoms with Crippen LogP contribution in [0, 0.1) is 0 Å². The molecule has 8 rings (SSSR count). The quantitative estimate of drug-likeness (QED) is 0.529. The third kappa shape index (κ3) is 7.94. The van der Waals surface area contributed by atoms with Gasteiger partial charge in [0.2, 0.25) is 0 Å². The molecular weight excluding hydrogens is 484 g/mol. The fraction of sp³-hybridized carbons (Fsp3) is 0.469. The number of benzene rings is 2. The molecule has 206 valence electrons. The van der Waals surface area contributed by atoms with Gasteiger partial charge in [0.05, 0.1) is 12.2 Å². The van der Waals surface area contributed by atoms with Crippen LogP contribution in [0.1, 0.15) is 49.2 Å². The Morgan fingerprint density at radius 3 is 2.28 bits per heavy atom. The standard InChI is InChI=1S/C32H42N6O/c1-24(2)34-29-18-26-17-27(19-29)22-37-13-15-38(16-14-37)23-30(39)5-4-12-36(3)21-25-6-8-28(9-7-25)31-10-11-33-32(20-26)35-31/h6-11,17-19,24,34H,4-5,12-16,20-23H2,1-3H3. The Labute approximate surface area is 233 Å². The van der Waals surface area contributed by atoms with E-state index in [0.717, 1.165) is 75.0 Å². The van der Waals surface area contributed by atoms with Crippen molar-refractivity contribution in [3.8, 4) is 11.3 Å². The van der Waals surface area contributed by atoms with Crippen molar-refractivity contribution >= 4 is 11.5 Å². The molecule has 0 saturated carbocycles. The van der Waals surface area contributed by atoms with Gasteiger partial charge in [-0.15, -0.1) is 0 Å². The molecule has 7 heteroatoms. The molecule has 0 amide bonds. The van der Waals surface area contributed by atoms with E-state index in [-0.39, 0.29) is 0 Å². The van der Waals surface area contributed by atoms with Crippen LogP contribution in [0.15, 0.2) is 54.7 Å². The number of ketones is 1. The van der Waals surface area contributed by atoms with Crippen molar-refractivity contribution in [1.29, 1.82) is 0 Å². The number of carbonyl (C=O) groups excluding carboxylic acids is 1. The normalized spacial score (nSPS) is 21.3. The van der Waals surface area contributed by atoms with Crippen LogP contribution in [0.2, 0.25) is 0 Å². The summed E-state index contributed by atoms with van der Waals surface area (Å²) < 4.78 is 0. The minimum atomic E-state index is 0.354. The first-order valence-electron chi connectivity index (χ1n) is 14.4. The van der Waals surface area contributed by atoms with Crippen LogP contribution < -0.4 is 5.32 Å². The Morgan fingerprint density at radius 2 is 1.54 bits per heavy atom. The molecular formula is C32H42N6O. The van der Waals surface area contributed by atoms with Crippen LogP contribution in [0.3, 0.4) is 0 Å². The van der Waals surface area contributed by atoms with Gasteiger partial charge in [-0.05, 0) is 68.8 Å². The van der Waals surface area contributed by atoms with Gasteiger partial charge in [0, 0.05) is 75.6 Å². The highest BCUT2D eigenvalue weighted by atomic mass is 16.1. The van der Waals surface area contributed by atoms with E-state index in [1.165, 1.54) is 16.7 Å². The van der Waals surface area contributed by atoms with Crippen LogP contribution in [0.25, 0.3) is 11.3 Å². The SMILES string of the molecule is CC(C)Nc1cc2cc(c1)CN1CCN(CC1)CC(=O)CCCN(C)Cc1ccc(cc1)-c1ccnc(n1)C2. The maximum Gasteiger partial charge on any atom is 0.146 e. The van der Waals surface area contributed by atoms with Crippen molar-refractivity contribution in [2.24, 2.45) is 0 Å². The highest BCUT2D eigenvalue weighted by molar-refractivity contribution is 5.80. The second-order valence-corrected chi connectivity index (χ2v) is 11.5. The van der Waals surface area contributed by atoms with Crippen LogP contribution in [0.5, 0.6) is 0 Å². The van der Waals surface area contributed by atoms with E-state index in [9.17, 15) is 4.79 Å². The fourth-order valence-corrected chi connectivity index (χ4v) is 5.61. The Hall–Kier alpha value is -3.13. The van der Waals surface area contributed by atoms with Crippen molar-refractivity contribution in [2.75, 3.05) is 51.6 Å². The lowest BCUT2D eigenvalue weighted by Gasteiger charge is -2.34. The first-order chi connectivity index (χ1) is 18.9. The molecule has 1 saturated heterocycles. The van der Waals surface area contributed by atoms with Gasteiger partial charge in [0.25, 0.3) is 0 Å². The zero-order valence-corrected chi connectivity index (χ0v) is 23.7. The van der Waals surface area contributed by atoms with Crippen molar-refractivity contribution in [1.82, 2.24) is 24.7 Å². The summed E-state index contributed by atoms with van der Waals surface area (Å²) in [4.78, 5) is 29.4. The lowest BCUT2D eigenvalue weighted by molar-refractivity contribution is -0.120. The molecule has 0 aliphatic carbocycles. The van der Waals surface area contributed by atoms with Gasteiger partial charge in [0.15, 0.2) is 0 Å². The van der Waals surface area contributed by atoms with Gasteiger partial charge in [-0.25, -0.2) is 9.97 Å². The molecule has 1 N–H and O–H groups in total. The number of hydrogen-bond donors (Lipinski definition) is 1. The molecule has 5 aliphatic rings. The average Bonchev–Trinajstić information content (AvgIpc) is 2.89. The molecule has 0 spiro atoms. The molecule has 0 atom stereocenters. The van der Waals surface area contributed by atoms with Crippen molar-refractivity contribution in [2.45, 2.75) is 52.2 Å². The van der Waals surface area contributed by atoms with E-state index in [4.69, 9.17) is 4.98 Å². The van der Waals surface area contributed by atoms with Gasteiger partial charge in [-0.3, -0.25) is 14.6 Å². The summed E-state index contributed by atoms with van der Waals surface area (Å²) in [7, 11) is 2.13. The summed E-state index contributed by atoms with van der Waals surface area (Å²) in [6.07, 6.45) is 4.12. The van der Waals surface area contributed by atoms with Crippen LogP contribution in [-0.4, -0.2) is 82.8 Å². The predicted octanol–water partition coefficient (Wildman–Crippen LogP) is 4.47. The maximum absolute atomic E-state index is 12.7. The number of Topliss-reactive ketones (excluding diaryl/α,β-unsaturated/α-hetero) is 1. The number of hydrogen-bond acceptors (Lipinski definition) is 7. The second-order valence-electron chi connectivity index (χ2n) is 11.5. The third-order valence-corrected chi connectivity index (χ3v) is 7.54. The van der Waals surface area contributed by atoms with Crippen LogP contribution in [0.4, 0.5) is 5.69 Å². The molecule has 39 heavy (non-hydrogen) atoms. The van der Waals surface area contributed by atoms with Gasteiger partial charge in [-0.2, -0.15) is 0 Å². The average molecular weight is 527 g/mol. The maximum atomic E-state index is 12.7. The Bertz CT molecular complexity index is 1250. The van der Waals surface area contributed by atoms with Crippen LogP contribution >= 0.6 is 0 Å². The zero-order chi connectivity index (χ0) is 27.2. The minimum Gasteiger partial charge on any atom is -0.383 e. The molecule has 8 bridgehead atoms. The van der Waals surface area contributed by atoms with Gasteiger partial charge in [-0.1, -0.05) is 30.3 Å². The lowest BCUT2D eigenvalue weighted by atomic mass is 10.0. The van der Waals surface area contributed by atoms with E-state index >= 15 is 0 Å². The summed E-state index contributed by atoms with van der Waals surface area (Å²) in [5.41, 5.74) is 6.97. The molecule has 0 radical (unpaired) electrons. The minimum absolute atomic E-state index is 0.354. The first-order valence-corrected chi connectivity index (χ1v) is 14.4. The highest BCUT2D eigenvalue weighted by Crippen LogP contribution is 2.22. The largest absolute Gasteiger partial charge is 0.383 e. The number of rotatable bonds is 2. The predicted molar refractivity (Wildman–Crippen MR) is 158 cm³/mol. The van der Waals surface area contributed by atoms with E-state index in [2.05, 4.69) is 88.4 Å². The van der Waals surface area contributed by atoms with E-state index in [1.54, 1.807) is 0 Å². The van der Waals surface area contributed by atoms with Crippen LogP contribution in [-0.2, 0) is 24.3 Å². The first kappa shape index (κ1) is 27.4. The van der Waals surface area contributed by atoms with Crippen molar-refractivity contribution in [3.05, 3.63) is 77.2 Å². The van der Waals surface area contributed by atoms with E-state index in [1.807, 2.05) is 12.3 Å². The van der Waals surface area contributed by atoms with Gasteiger partial charge in [0.1, 0.15) is 11.6 Å². The Balaban J connectivity index is 1.42. The molecule has 7 nitrogen and oxygen atoms in total. The molecule has 5 aliphatic heterocycles. The second kappa shape index (κ2) is 12.8. The molecule has 1 aromatic heterocycles. The summed E-state index contributed by atoms with van der Waals surface area (Å²) in [6, 6.07) is 17.8. The Morgan fingerprint density at radius 1 is 0.821 bits per heavy atom. The summed E-state index contributed by atoms with van der Waals surface area (Å²) in [5.74, 6) is 1.19. The smallest absolute Gasteiger partial charge is 0.146 e. The summed E-state index contributed by atoms with van der Waals surface area (Å²) >= 11 is 0. The van der Waals surface area contributed by atoms with E-state index < -0.39 is 0 Å².